The smallest absolute Gasteiger partial charge is 0.307 e. The number of aromatic nitrogens is 3. The standard InChI is InChI=1S/C13H18N4O2S/c1-9-8-20-13(19)17(9)5-3-4-12(18)14-6-11-7-15-16-10(11)2/h7-8H,3-6H2,1-2H3,(H,14,18)(H,15,16). The molecular weight excluding hydrogens is 276 g/mol. The van der Waals surface area contributed by atoms with Crippen LogP contribution in [0.5, 0.6) is 0 Å². The van der Waals surface area contributed by atoms with Crippen LogP contribution < -0.4 is 10.2 Å². The number of thiazole rings is 1. The number of amides is 1. The second-order valence-corrected chi connectivity index (χ2v) is 5.52. The molecule has 108 valence electrons. The van der Waals surface area contributed by atoms with Crippen LogP contribution in [0.3, 0.4) is 0 Å². The molecule has 0 aliphatic carbocycles. The van der Waals surface area contributed by atoms with Crippen LogP contribution in [-0.2, 0) is 17.9 Å². The second-order valence-electron chi connectivity index (χ2n) is 4.70. The van der Waals surface area contributed by atoms with Gasteiger partial charge < -0.3 is 9.88 Å². The van der Waals surface area contributed by atoms with Gasteiger partial charge in [0.15, 0.2) is 0 Å². The zero-order valence-corrected chi connectivity index (χ0v) is 12.4. The molecule has 2 heterocycles. The van der Waals surface area contributed by atoms with Gasteiger partial charge in [-0.1, -0.05) is 11.3 Å². The van der Waals surface area contributed by atoms with Gasteiger partial charge in [0.05, 0.1) is 6.20 Å². The molecule has 20 heavy (non-hydrogen) atoms. The summed E-state index contributed by atoms with van der Waals surface area (Å²) in [4.78, 5) is 23.3. The van der Waals surface area contributed by atoms with Crippen molar-refractivity contribution in [1.29, 1.82) is 0 Å². The van der Waals surface area contributed by atoms with Crippen LogP contribution in [0.15, 0.2) is 16.4 Å². The highest BCUT2D eigenvalue weighted by Crippen LogP contribution is 2.04. The number of rotatable bonds is 6. The number of nitrogens with one attached hydrogen (secondary N) is 2. The van der Waals surface area contributed by atoms with Crippen LogP contribution >= 0.6 is 11.3 Å². The van der Waals surface area contributed by atoms with E-state index in [2.05, 4.69) is 15.5 Å². The van der Waals surface area contributed by atoms with Gasteiger partial charge in [0, 0.05) is 41.8 Å². The highest BCUT2D eigenvalue weighted by atomic mass is 32.1. The number of carbonyl (C=O) groups is 1. The van der Waals surface area contributed by atoms with Gasteiger partial charge in [-0.3, -0.25) is 14.7 Å². The van der Waals surface area contributed by atoms with E-state index in [1.165, 1.54) is 11.3 Å². The van der Waals surface area contributed by atoms with Crippen LogP contribution in [0.2, 0.25) is 0 Å². The Morgan fingerprint density at radius 1 is 1.50 bits per heavy atom. The van der Waals surface area contributed by atoms with Gasteiger partial charge in [-0.15, -0.1) is 0 Å². The molecular formula is C13H18N4O2S. The third-order valence-corrected chi connectivity index (χ3v) is 4.05. The maximum absolute atomic E-state index is 11.7. The van der Waals surface area contributed by atoms with Gasteiger partial charge in [0.1, 0.15) is 0 Å². The summed E-state index contributed by atoms with van der Waals surface area (Å²) >= 11 is 1.20. The number of aromatic amines is 1. The molecule has 0 saturated carbocycles. The molecule has 0 fully saturated rings. The normalized spacial score (nSPS) is 10.7. The Balaban J connectivity index is 1.73. The van der Waals surface area contributed by atoms with Crippen molar-refractivity contribution < 1.29 is 4.79 Å². The first-order chi connectivity index (χ1) is 9.58. The molecule has 1 amide bonds. The lowest BCUT2D eigenvalue weighted by molar-refractivity contribution is -0.121. The first kappa shape index (κ1) is 14.5. The predicted octanol–water partition coefficient (Wildman–Crippen LogP) is 1.35. The molecule has 0 bridgehead atoms. The summed E-state index contributed by atoms with van der Waals surface area (Å²) in [6.07, 6.45) is 2.79. The van der Waals surface area contributed by atoms with Crippen LogP contribution in [-0.4, -0.2) is 20.7 Å². The molecule has 7 heteroatoms. The molecule has 2 N–H and O–H groups in total. The monoisotopic (exact) mass is 294 g/mol. The largest absolute Gasteiger partial charge is 0.352 e. The third-order valence-electron chi connectivity index (χ3n) is 3.17. The molecule has 0 aromatic carbocycles. The highest BCUT2D eigenvalue weighted by Gasteiger charge is 2.06. The number of aryl methyl sites for hydroxylation is 2. The zero-order chi connectivity index (χ0) is 14.5. The molecule has 0 spiro atoms. The van der Waals surface area contributed by atoms with Crippen molar-refractivity contribution in [3.8, 4) is 0 Å². The second kappa shape index (κ2) is 6.51. The quantitative estimate of drug-likeness (QED) is 0.844. The molecule has 2 rings (SSSR count). The minimum Gasteiger partial charge on any atom is -0.352 e. The number of nitrogens with zero attached hydrogens (tertiary/aromatic N) is 2. The zero-order valence-electron chi connectivity index (χ0n) is 11.6. The molecule has 0 atom stereocenters. The first-order valence-corrected chi connectivity index (χ1v) is 7.36. The average molecular weight is 294 g/mol. The summed E-state index contributed by atoms with van der Waals surface area (Å²) in [7, 11) is 0. The average Bonchev–Trinajstić information content (AvgIpc) is 2.96. The SMILES string of the molecule is Cc1[nH]ncc1CNC(=O)CCCn1c(C)csc1=O. The number of hydrogen-bond donors (Lipinski definition) is 2. The Bertz CT molecular complexity index is 641. The summed E-state index contributed by atoms with van der Waals surface area (Å²) in [5, 5.41) is 11.4. The van der Waals surface area contributed by atoms with Crippen LogP contribution in [0.1, 0.15) is 29.8 Å². The highest BCUT2D eigenvalue weighted by molar-refractivity contribution is 7.07. The van der Waals surface area contributed by atoms with E-state index in [1.807, 2.05) is 19.2 Å². The van der Waals surface area contributed by atoms with Crippen LogP contribution in [0.25, 0.3) is 0 Å². The van der Waals surface area contributed by atoms with Gasteiger partial charge in [-0.05, 0) is 20.3 Å². The summed E-state index contributed by atoms with van der Waals surface area (Å²) in [6, 6.07) is 0. The fourth-order valence-corrected chi connectivity index (χ4v) is 2.67. The lowest BCUT2D eigenvalue weighted by atomic mass is 10.2. The number of H-pyrrole nitrogens is 1. The van der Waals surface area contributed by atoms with Crippen molar-refractivity contribution >= 4 is 17.2 Å². The fourth-order valence-electron chi connectivity index (χ4n) is 1.91. The molecule has 0 saturated heterocycles. The molecule has 0 aliphatic rings. The fraction of sp³-hybridized carbons (Fsp3) is 0.462. The molecule has 0 radical (unpaired) electrons. The van der Waals surface area contributed by atoms with Crippen molar-refractivity contribution in [3.05, 3.63) is 38.2 Å². The van der Waals surface area contributed by atoms with Crippen molar-refractivity contribution in [2.75, 3.05) is 0 Å². The topological polar surface area (TPSA) is 79.8 Å². The summed E-state index contributed by atoms with van der Waals surface area (Å²) < 4.78 is 1.71. The van der Waals surface area contributed by atoms with Gasteiger partial charge in [-0.2, -0.15) is 5.10 Å². The molecule has 2 aromatic heterocycles. The van der Waals surface area contributed by atoms with E-state index in [0.717, 1.165) is 17.0 Å². The van der Waals surface area contributed by atoms with Crippen LogP contribution in [0.4, 0.5) is 0 Å². The Hall–Kier alpha value is -1.89. The maximum Gasteiger partial charge on any atom is 0.307 e. The predicted molar refractivity (Wildman–Crippen MR) is 77.7 cm³/mol. The lowest BCUT2D eigenvalue weighted by Gasteiger charge is -2.06. The van der Waals surface area contributed by atoms with Gasteiger partial charge in [-0.25, -0.2) is 0 Å². The van der Waals surface area contributed by atoms with Gasteiger partial charge in [0.2, 0.25) is 5.91 Å². The number of carbonyl (C=O) groups excluding carboxylic acids is 1. The summed E-state index contributed by atoms with van der Waals surface area (Å²) in [5.41, 5.74) is 2.91. The molecule has 0 unspecified atom stereocenters. The van der Waals surface area contributed by atoms with Crippen molar-refractivity contribution in [2.24, 2.45) is 0 Å². The third kappa shape index (κ3) is 3.57. The summed E-state index contributed by atoms with van der Waals surface area (Å²) in [6.45, 7) is 4.89. The van der Waals surface area contributed by atoms with E-state index >= 15 is 0 Å². The van der Waals surface area contributed by atoms with E-state index in [1.54, 1.807) is 10.8 Å². The minimum atomic E-state index is -0.00784. The van der Waals surface area contributed by atoms with Crippen molar-refractivity contribution in [3.63, 3.8) is 0 Å². The lowest BCUT2D eigenvalue weighted by Crippen LogP contribution is -2.23. The Kier molecular flexibility index (Phi) is 4.73. The molecule has 0 aliphatic heterocycles. The van der Waals surface area contributed by atoms with Crippen molar-refractivity contribution in [2.45, 2.75) is 39.8 Å². The van der Waals surface area contributed by atoms with E-state index in [-0.39, 0.29) is 10.8 Å². The van der Waals surface area contributed by atoms with E-state index in [4.69, 9.17) is 0 Å². The van der Waals surface area contributed by atoms with Crippen molar-refractivity contribution in [1.82, 2.24) is 20.1 Å². The Labute approximate surface area is 120 Å². The van der Waals surface area contributed by atoms with Crippen LogP contribution in [0, 0.1) is 13.8 Å². The van der Waals surface area contributed by atoms with E-state index < -0.39 is 0 Å². The first-order valence-electron chi connectivity index (χ1n) is 6.48. The summed E-state index contributed by atoms with van der Waals surface area (Å²) in [5.74, 6) is -0.00784. The minimum absolute atomic E-state index is 0.00784. The number of hydrogen-bond acceptors (Lipinski definition) is 4. The van der Waals surface area contributed by atoms with E-state index in [0.29, 0.717) is 25.9 Å². The van der Waals surface area contributed by atoms with Gasteiger partial charge >= 0.3 is 4.87 Å². The Morgan fingerprint density at radius 3 is 2.90 bits per heavy atom. The van der Waals surface area contributed by atoms with E-state index in [9.17, 15) is 9.59 Å². The molecule has 2 aromatic rings. The molecule has 6 nitrogen and oxygen atoms in total. The maximum atomic E-state index is 11.7. The van der Waals surface area contributed by atoms with Gasteiger partial charge in [0.25, 0.3) is 0 Å². The Morgan fingerprint density at radius 2 is 2.30 bits per heavy atom.